The largest absolute Gasteiger partial charge is 0.467 e. The predicted octanol–water partition coefficient (Wildman–Crippen LogP) is 4.83. The quantitative estimate of drug-likeness (QED) is 0.732. The Labute approximate surface area is 132 Å². The standard InChI is InChI=1S/C16H15ClN2OS/c1-11(12-6-8-18-9-7-12)19-16(13-3-2-10-20-13)14-4-5-15(17)21-14/h2-11,16,19H,1H3. The van der Waals surface area contributed by atoms with E-state index in [2.05, 4.69) is 17.2 Å². The SMILES string of the molecule is CC(NC(c1ccco1)c1ccc(Cl)s1)c1ccncc1. The van der Waals surface area contributed by atoms with E-state index in [1.165, 1.54) is 5.56 Å². The van der Waals surface area contributed by atoms with Crippen molar-refractivity contribution >= 4 is 22.9 Å². The summed E-state index contributed by atoms with van der Waals surface area (Å²) in [4.78, 5) is 5.19. The minimum atomic E-state index is -0.0133. The fraction of sp³-hybridized carbons (Fsp3) is 0.188. The number of nitrogens with zero attached hydrogens (tertiary/aromatic N) is 1. The summed E-state index contributed by atoms with van der Waals surface area (Å²) in [5.41, 5.74) is 1.18. The topological polar surface area (TPSA) is 38.1 Å². The minimum Gasteiger partial charge on any atom is -0.467 e. The average Bonchev–Trinajstić information content (AvgIpc) is 3.17. The number of rotatable bonds is 5. The van der Waals surface area contributed by atoms with Crippen LogP contribution in [0.2, 0.25) is 4.34 Å². The zero-order chi connectivity index (χ0) is 14.7. The summed E-state index contributed by atoms with van der Waals surface area (Å²) in [5, 5.41) is 3.60. The molecule has 2 unspecified atom stereocenters. The Bertz CT molecular complexity index is 681. The maximum Gasteiger partial charge on any atom is 0.126 e. The molecule has 21 heavy (non-hydrogen) atoms. The van der Waals surface area contributed by atoms with E-state index in [1.54, 1.807) is 30.0 Å². The summed E-state index contributed by atoms with van der Waals surface area (Å²) < 4.78 is 6.36. The number of furan rings is 1. The van der Waals surface area contributed by atoms with E-state index < -0.39 is 0 Å². The molecule has 0 aliphatic rings. The number of hydrogen-bond donors (Lipinski definition) is 1. The van der Waals surface area contributed by atoms with Gasteiger partial charge in [0.2, 0.25) is 0 Å². The van der Waals surface area contributed by atoms with Crippen molar-refractivity contribution in [2.75, 3.05) is 0 Å². The van der Waals surface area contributed by atoms with Crippen LogP contribution in [0, 0.1) is 0 Å². The molecule has 0 saturated heterocycles. The van der Waals surface area contributed by atoms with Crippen molar-refractivity contribution in [2.45, 2.75) is 19.0 Å². The van der Waals surface area contributed by atoms with Gasteiger partial charge < -0.3 is 4.42 Å². The second-order valence-electron chi connectivity index (χ2n) is 4.76. The van der Waals surface area contributed by atoms with E-state index in [1.807, 2.05) is 36.4 Å². The summed E-state index contributed by atoms with van der Waals surface area (Å²) in [6.07, 6.45) is 5.30. The van der Waals surface area contributed by atoms with E-state index in [-0.39, 0.29) is 12.1 Å². The number of pyridine rings is 1. The van der Waals surface area contributed by atoms with Crippen LogP contribution in [0.3, 0.4) is 0 Å². The molecule has 0 aromatic carbocycles. The molecule has 0 radical (unpaired) electrons. The molecule has 0 spiro atoms. The van der Waals surface area contributed by atoms with Gasteiger partial charge in [-0.05, 0) is 48.9 Å². The molecule has 5 heteroatoms. The van der Waals surface area contributed by atoms with Gasteiger partial charge in [0.1, 0.15) is 11.8 Å². The molecule has 2 atom stereocenters. The molecular formula is C16H15ClN2OS. The molecule has 0 fully saturated rings. The Morgan fingerprint density at radius 2 is 2.00 bits per heavy atom. The highest BCUT2D eigenvalue weighted by Gasteiger charge is 2.21. The molecule has 0 saturated carbocycles. The highest BCUT2D eigenvalue weighted by molar-refractivity contribution is 7.16. The number of aromatic nitrogens is 1. The normalized spacial score (nSPS) is 14.0. The lowest BCUT2D eigenvalue weighted by Crippen LogP contribution is -2.24. The van der Waals surface area contributed by atoms with Gasteiger partial charge in [-0.2, -0.15) is 0 Å². The number of hydrogen-bond acceptors (Lipinski definition) is 4. The van der Waals surface area contributed by atoms with Crippen molar-refractivity contribution in [1.29, 1.82) is 0 Å². The van der Waals surface area contributed by atoms with Crippen LogP contribution in [-0.2, 0) is 0 Å². The van der Waals surface area contributed by atoms with Crippen LogP contribution >= 0.6 is 22.9 Å². The van der Waals surface area contributed by atoms with Crippen LogP contribution in [-0.4, -0.2) is 4.98 Å². The Hall–Kier alpha value is -1.62. The monoisotopic (exact) mass is 318 g/mol. The van der Waals surface area contributed by atoms with Crippen molar-refractivity contribution < 1.29 is 4.42 Å². The van der Waals surface area contributed by atoms with Gasteiger partial charge in [-0.25, -0.2) is 0 Å². The second kappa shape index (κ2) is 6.43. The average molecular weight is 319 g/mol. The number of halogens is 1. The van der Waals surface area contributed by atoms with Crippen molar-refractivity contribution in [1.82, 2.24) is 10.3 Å². The van der Waals surface area contributed by atoms with E-state index in [9.17, 15) is 0 Å². The molecule has 3 nitrogen and oxygen atoms in total. The summed E-state index contributed by atoms with van der Waals surface area (Å²) in [6, 6.07) is 12.0. The first-order chi connectivity index (χ1) is 10.2. The molecule has 3 heterocycles. The molecule has 108 valence electrons. The Morgan fingerprint density at radius 1 is 1.19 bits per heavy atom. The van der Waals surface area contributed by atoms with Crippen LogP contribution in [0.1, 0.15) is 35.2 Å². The molecule has 3 aromatic rings. The first-order valence-corrected chi connectivity index (χ1v) is 7.88. The molecule has 1 N–H and O–H groups in total. The van der Waals surface area contributed by atoms with E-state index in [0.29, 0.717) is 0 Å². The van der Waals surface area contributed by atoms with Crippen molar-refractivity contribution in [3.05, 3.63) is 75.6 Å². The lowest BCUT2D eigenvalue weighted by atomic mass is 10.1. The van der Waals surface area contributed by atoms with Gasteiger partial charge in [0.25, 0.3) is 0 Å². The zero-order valence-corrected chi connectivity index (χ0v) is 13.1. The third kappa shape index (κ3) is 3.35. The van der Waals surface area contributed by atoms with Gasteiger partial charge in [0.05, 0.1) is 10.6 Å². The molecule has 0 amide bonds. The van der Waals surface area contributed by atoms with E-state index >= 15 is 0 Å². The highest BCUT2D eigenvalue weighted by Crippen LogP contribution is 2.33. The molecule has 0 bridgehead atoms. The second-order valence-corrected chi connectivity index (χ2v) is 6.51. The van der Waals surface area contributed by atoms with Gasteiger partial charge in [-0.3, -0.25) is 10.3 Å². The number of nitrogens with one attached hydrogen (secondary N) is 1. The van der Waals surface area contributed by atoms with Crippen LogP contribution in [0.25, 0.3) is 0 Å². The zero-order valence-electron chi connectivity index (χ0n) is 11.5. The fourth-order valence-electron chi connectivity index (χ4n) is 2.24. The van der Waals surface area contributed by atoms with Crippen LogP contribution in [0.15, 0.2) is 59.5 Å². The van der Waals surface area contributed by atoms with Crippen LogP contribution in [0.4, 0.5) is 0 Å². The third-order valence-corrected chi connectivity index (χ3v) is 4.62. The smallest absolute Gasteiger partial charge is 0.126 e. The predicted molar refractivity (Wildman–Crippen MR) is 85.7 cm³/mol. The van der Waals surface area contributed by atoms with Crippen LogP contribution < -0.4 is 5.32 Å². The summed E-state index contributed by atoms with van der Waals surface area (Å²) in [6.45, 7) is 2.13. The third-order valence-electron chi connectivity index (χ3n) is 3.33. The minimum absolute atomic E-state index is 0.0133. The first-order valence-electron chi connectivity index (χ1n) is 6.68. The Morgan fingerprint density at radius 3 is 2.62 bits per heavy atom. The summed E-state index contributed by atoms with van der Waals surface area (Å²) in [7, 11) is 0. The summed E-state index contributed by atoms with van der Waals surface area (Å²) >= 11 is 7.63. The van der Waals surface area contributed by atoms with E-state index in [4.69, 9.17) is 16.0 Å². The summed E-state index contributed by atoms with van der Waals surface area (Å²) in [5.74, 6) is 0.884. The van der Waals surface area contributed by atoms with Gasteiger partial charge in [0, 0.05) is 23.3 Å². The van der Waals surface area contributed by atoms with Gasteiger partial charge in [-0.15, -0.1) is 11.3 Å². The van der Waals surface area contributed by atoms with Crippen LogP contribution in [0.5, 0.6) is 0 Å². The Balaban J connectivity index is 1.86. The lowest BCUT2D eigenvalue weighted by molar-refractivity contribution is 0.422. The van der Waals surface area contributed by atoms with Crippen molar-refractivity contribution in [3.63, 3.8) is 0 Å². The molecule has 3 aromatic heterocycles. The van der Waals surface area contributed by atoms with E-state index in [0.717, 1.165) is 15.0 Å². The molecular weight excluding hydrogens is 304 g/mol. The lowest BCUT2D eigenvalue weighted by Gasteiger charge is -2.21. The van der Waals surface area contributed by atoms with Crippen molar-refractivity contribution in [2.24, 2.45) is 0 Å². The molecule has 0 aliphatic carbocycles. The number of thiophene rings is 1. The van der Waals surface area contributed by atoms with Crippen molar-refractivity contribution in [3.8, 4) is 0 Å². The van der Waals surface area contributed by atoms with Gasteiger partial charge in [-0.1, -0.05) is 11.6 Å². The first kappa shape index (κ1) is 14.3. The molecule has 0 aliphatic heterocycles. The van der Waals surface area contributed by atoms with Gasteiger partial charge in [0.15, 0.2) is 0 Å². The Kier molecular flexibility index (Phi) is 4.39. The maximum absolute atomic E-state index is 6.07. The highest BCUT2D eigenvalue weighted by atomic mass is 35.5. The molecule has 3 rings (SSSR count). The van der Waals surface area contributed by atoms with Gasteiger partial charge >= 0.3 is 0 Å². The maximum atomic E-state index is 6.07. The fourth-order valence-corrected chi connectivity index (χ4v) is 3.37.